The fourth-order valence-corrected chi connectivity index (χ4v) is 14.0. The van der Waals surface area contributed by atoms with Gasteiger partial charge in [0.15, 0.2) is 11.2 Å². The van der Waals surface area contributed by atoms with Crippen LogP contribution in [0.4, 0.5) is 34.1 Å². The van der Waals surface area contributed by atoms with Gasteiger partial charge in [-0.15, -0.1) is 0 Å². The van der Waals surface area contributed by atoms with Gasteiger partial charge in [-0.05, 0) is 97.3 Å². The Bertz CT molecular complexity index is 5590. The zero-order chi connectivity index (χ0) is 52.5. The minimum absolute atomic E-state index is 0.868. The number of fused-ring (bicyclic) bond motifs is 18. The number of anilines is 6. The first-order chi connectivity index (χ1) is 39.6. The molecular weight excluding hydrogens is 977 g/mol. The second-order valence-electron chi connectivity index (χ2n) is 21.6. The summed E-state index contributed by atoms with van der Waals surface area (Å²) in [7, 11) is 0. The molecule has 0 aliphatic carbocycles. The maximum Gasteiger partial charge on any atom is 0.159 e. The summed E-state index contributed by atoms with van der Waals surface area (Å²) in [6.45, 7) is 4.41. The van der Waals surface area contributed by atoms with Gasteiger partial charge in [0.1, 0.15) is 11.2 Å². The number of aryl methyl sites for hydroxylation is 2. The van der Waals surface area contributed by atoms with Gasteiger partial charge < -0.3 is 27.4 Å². The Morgan fingerprint density at radius 3 is 1.32 bits per heavy atom. The van der Waals surface area contributed by atoms with E-state index in [1.54, 1.807) is 0 Å². The normalized spacial score (nSPS) is 12.4. The summed E-state index contributed by atoms with van der Waals surface area (Å²) in [6.07, 6.45) is 0. The van der Waals surface area contributed by atoms with Crippen molar-refractivity contribution in [1.82, 2.24) is 8.80 Å². The second-order valence-corrected chi connectivity index (χ2v) is 21.6. The summed E-state index contributed by atoms with van der Waals surface area (Å²) in [5.41, 5.74) is 21.6. The molecule has 0 aliphatic heterocycles. The topological polar surface area (TPSA) is 41.6 Å². The molecule has 0 bridgehead atoms. The lowest BCUT2D eigenvalue weighted by Gasteiger charge is -2.30. The molecular formula is C74H46N4O2. The summed E-state index contributed by atoms with van der Waals surface area (Å²) >= 11 is 0. The van der Waals surface area contributed by atoms with Gasteiger partial charge in [-0.25, -0.2) is 0 Å². The zero-order valence-electron chi connectivity index (χ0n) is 43.7. The maximum absolute atomic E-state index is 6.96. The van der Waals surface area contributed by atoms with Crippen LogP contribution in [0.3, 0.4) is 0 Å². The Labute approximate surface area is 458 Å². The Hall–Kier alpha value is -10.6. The van der Waals surface area contributed by atoms with Gasteiger partial charge in [0.2, 0.25) is 0 Å². The van der Waals surface area contributed by atoms with Crippen molar-refractivity contribution in [1.29, 1.82) is 0 Å². The van der Waals surface area contributed by atoms with Crippen LogP contribution < -0.4 is 9.80 Å². The largest absolute Gasteiger partial charge is 0.454 e. The van der Waals surface area contributed by atoms with Crippen LogP contribution >= 0.6 is 0 Å². The number of furan rings is 2. The molecule has 0 fully saturated rings. The molecule has 0 spiro atoms. The third kappa shape index (κ3) is 5.70. The third-order valence-corrected chi connectivity index (χ3v) is 17.4. The molecule has 6 heterocycles. The number of aromatic nitrogens is 2. The fourth-order valence-electron chi connectivity index (χ4n) is 14.0. The number of hydrogen-bond acceptors (Lipinski definition) is 4. The molecule has 18 rings (SSSR count). The number of nitrogens with zero attached hydrogens (tertiary/aromatic N) is 4. The van der Waals surface area contributed by atoms with Gasteiger partial charge in [0.25, 0.3) is 0 Å². The van der Waals surface area contributed by atoms with Crippen LogP contribution in [0.1, 0.15) is 11.1 Å². The molecule has 0 N–H and O–H groups in total. The van der Waals surface area contributed by atoms with Crippen LogP contribution in [0.25, 0.3) is 131 Å². The molecule has 18 aromatic rings. The van der Waals surface area contributed by atoms with Crippen molar-refractivity contribution in [2.45, 2.75) is 13.8 Å². The van der Waals surface area contributed by atoms with E-state index in [1.807, 2.05) is 0 Å². The van der Waals surface area contributed by atoms with E-state index in [-0.39, 0.29) is 0 Å². The molecule has 374 valence electrons. The summed E-state index contributed by atoms with van der Waals surface area (Å²) < 4.78 is 18.9. The first-order valence-electron chi connectivity index (χ1n) is 27.5. The summed E-state index contributed by atoms with van der Waals surface area (Å²) in [4.78, 5) is 4.91. The fraction of sp³-hybridized carbons (Fsp3) is 0.0270. The molecule has 6 aromatic heterocycles. The van der Waals surface area contributed by atoms with Crippen LogP contribution in [-0.4, -0.2) is 8.80 Å². The second kappa shape index (κ2) is 16.0. The number of para-hydroxylation sites is 6. The average Bonchev–Trinajstić information content (AvgIpc) is 4.50. The Morgan fingerprint density at radius 1 is 0.312 bits per heavy atom. The molecule has 6 nitrogen and oxygen atoms in total. The van der Waals surface area contributed by atoms with Crippen LogP contribution in [0.5, 0.6) is 0 Å². The minimum Gasteiger partial charge on any atom is -0.454 e. The molecule has 12 aromatic carbocycles. The van der Waals surface area contributed by atoms with Crippen molar-refractivity contribution in [3.63, 3.8) is 0 Å². The molecule has 0 unspecified atom stereocenters. The van der Waals surface area contributed by atoms with Gasteiger partial charge in [0.05, 0.1) is 61.5 Å². The van der Waals surface area contributed by atoms with Crippen LogP contribution in [0.2, 0.25) is 0 Å². The maximum atomic E-state index is 6.96. The lowest BCUT2D eigenvalue weighted by molar-refractivity contribution is 0.668. The summed E-state index contributed by atoms with van der Waals surface area (Å²) in [5.74, 6) is 0. The molecule has 0 amide bonds. The van der Waals surface area contributed by atoms with Crippen molar-refractivity contribution in [3.8, 4) is 11.1 Å². The van der Waals surface area contributed by atoms with Gasteiger partial charge in [-0.1, -0.05) is 176 Å². The smallest absolute Gasteiger partial charge is 0.159 e. The van der Waals surface area contributed by atoms with Crippen LogP contribution in [0.15, 0.2) is 251 Å². The van der Waals surface area contributed by atoms with E-state index in [1.165, 1.54) is 65.2 Å². The first kappa shape index (κ1) is 43.5. The van der Waals surface area contributed by atoms with Gasteiger partial charge >= 0.3 is 0 Å². The first-order valence-corrected chi connectivity index (χ1v) is 27.5. The van der Waals surface area contributed by atoms with Gasteiger partial charge in [-0.2, -0.15) is 0 Å². The van der Waals surface area contributed by atoms with Crippen LogP contribution in [0, 0.1) is 13.8 Å². The number of hydrogen-bond donors (Lipinski definition) is 0. The standard InChI is InChI=1S/C74H46N4O2/c1-43-37-39-52-48-24-10-13-35-65(48)79-73(52)69(43)75(46-21-7-4-8-22-46)59-31-17-33-61-67(59)54-28-15-26-50-56-42-64-57(41-63(56)77(61)71(50)54)51-27-16-29-55-68-60(32-18-34-62(68)78(64)72(51)55)76(58-30-12-9-23-47(58)45-19-5-3-6-20-45)70-44(2)38-40-53-49-25-11-14-36-66(49)80-74(53)70/h3-42H,1-2H3. The highest BCUT2D eigenvalue weighted by molar-refractivity contribution is 6.32. The predicted molar refractivity (Wildman–Crippen MR) is 335 cm³/mol. The van der Waals surface area contributed by atoms with Crippen molar-refractivity contribution < 1.29 is 8.83 Å². The predicted octanol–water partition coefficient (Wildman–Crippen LogP) is 21.0. The number of rotatable bonds is 7. The van der Waals surface area contributed by atoms with E-state index >= 15 is 0 Å². The summed E-state index contributed by atoms with van der Waals surface area (Å²) in [5, 5.41) is 14.1. The minimum atomic E-state index is 0.868. The highest BCUT2D eigenvalue weighted by Crippen LogP contribution is 2.54. The van der Waals surface area contributed by atoms with Crippen molar-refractivity contribution in [3.05, 3.63) is 254 Å². The van der Waals surface area contributed by atoms with E-state index < -0.39 is 0 Å². The summed E-state index contributed by atoms with van der Waals surface area (Å²) in [6, 6.07) is 88.4. The van der Waals surface area contributed by atoms with E-state index in [2.05, 4.69) is 275 Å². The lowest BCUT2D eigenvalue weighted by Crippen LogP contribution is -2.13. The van der Waals surface area contributed by atoms with Gasteiger partial charge in [-0.3, -0.25) is 0 Å². The average molecular weight is 1020 g/mol. The SMILES string of the molecule is Cc1ccc2c(oc3ccccc32)c1N(c1ccccc1)c1cccc2c1c1cccc3c4cc5c(cc4n2c31)c1cccc2c3c(N(c4ccccc4-c4ccccc4)c4c(C)ccc6c4oc4ccccc46)cccc3n5c12. The zero-order valence-corrected chi connectivity index (χ0v) is 43.7. The quantitative estimate of drug-likeness (QED) is 0.160. The van der Waals surface area contributed by atoms with E-state index in [0.29, 0.717) is 0 Å². The molecule has 0 saturated carbocycles. The molecule has 0 aliphatic rings. The van der Waals surface area contributed by atoms with Gasteiger partial charge in [0, 0.05) is 75.9 Å². The Kier molecular flexibility index (Phi) is 8.71. The highest BCUT2D eigenvalue weighted by Gasteiger charge is 2.31. The Morgan fingerprint density at radius 2 is 0.750 bits per heavy atom. The van der Waals surface area contributed by atoms with Crippen molar-refractivity contribution >= 4 is 154 Å². The van der Waals surface area contributed by atoms with Crippen molar-refractivity contribution in [2.75, 3.05) is 9.80 Å². The molecule has 0 radical (unpaired) electrons. The van der Waals surface area contributed by atoms with E-state index in [4.69, 9.17) is 8.83 Å². The van der Waals surface area contributed by atoms with Crippen LogP contribution in [-0.2, 0) is 0 Å². The van der Waals surface area contributed by atoms with E-state index in [0.717, 1.165) is 111 Å². The third-order valence-electron chi connectivity index (χ3n) is 17.4. The van der Waals surface area contributed by atoms with E-state index in [9.17, 15) is 0 Å². The monoisotopic (exact) mass is 1020 g/mol. The molecule has 80 heavy (non-hydrogen) atoms. The molecule has 0 atom stereocenters. The Balaban J connectivity index is 0.901. The lowest BCUT2D eigenvalue weighted by atomic mass is 9.99. The van der Waals surface area contributed by atoms with Crippen molar-refractivity contribution in [2.24, 2.45) is 0 Å². The highest BCUT2D eigenvalue weighted by atomic mass is 16.3. The molecule has 6 heteroatoms. The molecule has 0 saturated heterocycles. The number of benzene rings is 12.